The third-order valence-electron chi connectivity index (χ3n) is 3.52. The van der Waals surface area contributed by atoms with Gasteiger partial charge in [0.2, 0.25) is 5.91 Å². The monoisotopic (exact) mass is 262 g/mol. The summed E-state index contributed by atoms with van der Waals surface area (Å²) in [5.41, 5.74) is 1.15. The Kier molecular flexibility index (Phi) is 4.16. The van der Waals surface area contributed by atoms with E-state index in [1.807, 2.05) is 0 Å². The number of hydrogen-bond donors (Lipinski definition) is 3. The summed E-state index contributed by atoms with van der Waals surface area (Å²) in [6.07, 6.45) is 0. The van der Waals surface area contributed by atoms with Crippen molar-refractivity contribution in [1.29, 1.82) is 0 Å². The molecule has 0 aromatic heterocycles. The number of amides is 1. The van der Waals surface area contributed by atoms with Gasteiger partial charge in [0.05, 0.1) is 11.5 Å². The lowest BCUT2D eigenvalue weighted by molar-refractivity contribution is -0.125. The van der Waals surface area contributed by atoms with E-state index in [4.69, 9.17) is 5.11 Å². The Hall–Kier alpha value is -1.88. The van der Waals surface area contributed by atoms with Crippen LogP contribution < -0.4 is 10.6 Å². The SMILES string of the molecule is C[C@@H]1CNC[C@H]1C(=O)NCc1ccc(C(=O)O)cc1. The van der Waals surface area contributed by atoms with Crippen LogP contribution in [0.25, 0.3) is 0 Å². The van der Waals surface area contributed by atoms with Crippen LogP contribution in [-0.4, -0.2) is 30.1 Å². The van der Waals surface area contributed by atoms with Gasteiger partial charge in [0.25, 0.3) is 0 Å². The van der Waals surface area contributed by atoms with E-state index in [0.717, 1.165) is 18.7 Å². The zero-order valence-corrected chi connectivity index (χ0v) is 10.8. The standard InChI is InChI=1S/C14H18N2O3/c1-9-6-15-8-12(9)13(17)16-7-10-2-4-11(5-3-10)14(18)19/h2-5,9,12,15H,6-8H2,1H3,(H,16,17)(H,18,19)/t9-,12-/m1/s1. The molecule has 0 saturated carbocycles. The number of rotatable bonds is 4. The summed E-state index contributed by atoms with van der Waals surface area (Å²) < 4.78 is 0. The molecule has 2 atom stereocenters. The fourth-order valence-corrected chi connectivity index (χ4v) is 2.25. The highest BCUT2D eigenvalue weighted by Crippen LogP contribution is 2.15. The topological polar surface area (TPSA) is 78.4 Å². The molecule has 0 unspecified atom stereocenters. The van der Waals surface area contributed by atoms with Gasteiger partial charge in [-0.3, -0.25) is 4.79 Å². The van der Waals surface area contributed by atoms with Crippen LogP contribution >= 0.6 is 0 Å². The predicted octanol–water partition coefficient (Wildman–Crippen LogP) is 0.856. The van der Waals surface area contributed by atoms with Crippen LogP contribution in [0.1, 0.15) is 22.8 Å². The van der Waals surface area contributed by atoms with Gasteiger partial charge in [0.1, 0.15) is 0 Å². The molecule has 0 aliphatic carbocycles. The minimum atomic E-state index is -0.943. The Bertz CT molecular complexity index is 470. The maximum absolute atomic E-state index is 12.0. The number of carboxylic acid groups (broad SMARTS) is 1. The van der Waals surface area contributed by atoms with Crippen molar-refractivity contribution in [2.45, 2.75) is 13.5 Å². The van der Waals surface area contributed by atoms with Gasteiger partial charge in [-0.25, -0.2) is 4.79 Å². The van der Waals surface area contributed by atoms with Crippen molar-refractivity contribution in [3.05, 3.63) is 35.4 Å². The maximum Gasteiger partial charge on any atom is 0.335 e. The summed E-state index contributed by atoms with van der Waals surface area (Å²) in [6.45, 7) is 4.10. The molecular formula is C14H18N2O3. The van der Waals surface area contributed by atoms with Crippen molar-refractivity contribution in [1.82, 2.24) is 10.6 Å². The highest BCUT2D eigenvalue weighted by molar-refractivity contribution is 5.87. The van der Waals surface area contributed by atoms with Crippen molar-refractivity contribution < 1.29 is 14.7 Å². The van der Waals surface area contributed by atoms with E-state index >= 15 is 0 Å². The van der Waals surface area contributed by atoms with Crippen molar-refractivity contribution in [2.75, 3.05) is 13.1 Å². The average Bonchev–Trinajstić information content (AvgIpc) is 2.83. The molecule has 102 valence electrons. The van der Waals surface area contributed by atoms with Gasteiger partial charge in [-0.05, 0) is 30.2 Å². The van der Waals surface area contributed by atoms with Gasteiger partial charge in [-0.15, -0.1) is 0 Å². The van der Waals surface area contributed by atoms with Crippen molar-refractivity contribution >= 4 is 11.9 Å². The Labute approximate surface area is 112 Å². The van der Waals surface area contributed by atoms with E-state index < -0.39 is 5.97 Å². The molecule has 1 heterocycles. The Morgan fingerprint density at radius 2 is 2.00 bits per heavy atom. The predicted molar refractivity (Wildman–Crippen MR) is 70.8 cm³/mol. The molecule has 0 bridgehead atoms. The van der Waals surface area contributed by atoms with Crippen molar-refractivity contribution in [3.63, 3.8) is 0 Å². The van der Waals surface area contributed by atoms with Crippen LogP contribution in [0.5, 0.6) is 0 Å². The fraction of sp³-hybridized carbons (Fsp3) is 0.429. The van der Waals surface area contributed by atoms with Crippen LogP contribution in [0.3, 0.4) is 0 Å². The number of nitrogens with one attached hydrogen (secondary N) is 2. The first-order chi connectivity index (χ1) is 9.08. The second-order valence-corrected chi connectivity index (χ2v) is 4.96. The number of benzene rings is 1. The summed E-state index contributed by atoms with van der Waals surface area (Å²) in [5, 5.41) is 14.9. The van der Waals surface area contributed by atoms with E-state index in [2.05, 4.69) is 17.6 Å². The Balaban J connectivity index is 1.88. The van der Waals surface area contributed by atoms with E-state index in [0.29, 0.717) is 12.5 Å². The summed E-state index contributed by atoms with van der Waals surface area (Å²) >= 11 is 0. The van der Waals surface area contributed by atoms with Crippen LogP contribution in [0.15, 0.2) is 24.3 Å². The van der Waals surface area contributed by atoms with Crippen molar-refractivity contribution in [3.8, 4) is 0 Å². The van der Waals surface area contributed by atoms with Crippen LogP contribution in [0, 0.1) is 11.8 Å². The van der Waals surface area contributed by atoms with Crippen LogP contribution in [-0.2, 0) is 11.3 Å². The van der Waals surface area contributed by atoms with E-state index in [9.17, 15) is 9.59 Å². The molecule has 3 N–H and O–H groups in total. The molecule has 1 aliphatic rings. The molecule has 5 heteroatoms. The highest BCUT2D eigenvalue weighted by Gasteiger charge is 2.29. The molecule has 1 amide bonds. The zero-order chi connectivity index (χ0) is 13.8. The number of aromatic carboxylic acids is 1. The van der Waals surface area contributed by atoms with E-state index in [-0.39, 0.29) is 17.4 Å². The lowest BCUT2D eigenvalue weighted by Gasteiger charge is -2.14. The Morgan fingerprint density at radius 3 is 2.53 bits per heavy atom. The second kappa shape index (κ2) is 5.84. The van der Waals surface area contributed by atoms with Crippen LogP contribution in [0.4, 0.5) is 0 Å². The lowest BCUT2D eigenvalue weighted by Crippen LogP contribution is -2.33. The number of carbonyl (C=O) groups excluding carboxylic acids is 1. The van der Waals surface area contributed by atoms with Gasteiger partial charge < -0.3 is 15.7 Å². The molecule has 0 spiro atoms. The smallest absolute Gasteiger partial charge is 0.335 e. The molecule has 2 rings (SSSR count). The Morgan fingerprint density at radius 1 is 1.32 bits per heavy atom. The van der Waals surface area contributed by atoms with E-state index in [1.54, 1.807) is 24.3 Å². The molecular weight excluding hydrogens is 244 g/mol. The average molecular weight is 262 g/mol. The molecule has 0 radical (unpaired) electrons. The molecule has 1 aromatic rings. The first kappa shape index (κ1) is 13.5. The number of hydrogen-bond acceptors (Lipinski definition) is 3. The minimum absolute atomic E-state index is 0.0262. The van der Waals surface area contributed by atoms with Crippen LogP contribution in [0.2, 0.25) is 0 Å². The van der Waals surface area contributed by atoms with Gasteiger partial charge in [0, 0.05) is 13.1 Å². The highest BCUT2D eigenvalue weighted by atomic mass is 16.4. The summed E-state index contributed by atoms with van der Waals surface area (Å²) in [7, 11) is 0. The van der Waals surface area contributed by atoms with Gasteiger partial charge in [-0.1, -0.05) is 19.1 Å². The zero-order valence-electron chi connectivity index (χ0n) is 10.8. The third-order valence-corrected chi connectivity index (χ3v) is 3.52. The largest absolute Gasteiger partial charge is 0.478 e. The molecule has 1 aliphatic heterocycles. The quantitative estimate of drug-likeness (QED) is 0.752. The van der Waals surface area contributed by atoms with Gasteiger partial charge in [0.15, 0.2) is 0 Å². The summed E-state index contributed by atoms with van der Waals surface area (Å²) in [6, 6.07) is 6.53. The fourth-order valence-electron chi connectivity index (χ4n) is 2.25. The lowest BCUT2D eigenvalue weighted by atomic mass is 9.97. The van der Waals surface area contributed by atoms with Gasteiger partial charge in [-0.2, -0.15) is 0 Å². The summed E-state index contributed by atoms with van der Waals surface area (Å²) in [5.74, 6) is -0.506. The molecule has 19 heavy (non-hydrogen) atoms. The molecule has 1 aromatic carbocycles. The normalized spacial score (nSPS) is 22.2. The van der Waals surface area contributed by atoms with Crippen molar-refractivity contribution in [2.24, 2.45) is 11.8 Å². The number of carboxylic acids is 1. The second-order valence-electron chi connectivity index (χ2n) is 4.96. The maximum atomic E-state index is 12.0. The first-order valence-electron chi connectivity index (χ1n) is 6.38. The summed E-state index contributed by atoms with van der Waals surface area (Å²) in [4.78, 5) is 22.7. The molecule has 1 fully saturated rings. The third kappa shape index (κ3) is 3.32. The molecule has 1 saturated heterocycles. The van der Waals surface area contributed by atoms with E-state index in [1.165, 1.54) is 0 Å². The first-order valence-corrected chi connectivity index (χ1v) is 6.38. The molecule has 5 nitrogen and oxygen atoms in total. The number of carbonyl (C=O) groups is 2. The minimum Gasteiger partial charge on any atom is -0.478 e. The van der Waals surface area contributed by atoms with Gasteiger partial charge >= 0.3 is 5.97 Å².